The van der Waals surface area contributed by atoms with Crippen LogP contribution in [0.15, 0.2) is 24.3 Å². The molecule has 1 unspecified atom stereocenters. The maximum Gasteiger partial charge on any atom is 0.262 e. The number of amides is 4. The molecular formula is C15H17N3O4. The Morgan fingerprint density at radius 1 is 1.00 bits per heavy atom. The first-order chi connectivity index (χ1) is 10.4. The molecule has 0 aromatic heterocycles. The average Bonchev–Trinajstić information content (AvgIpc) is 2.72. The van der Waals surface area contributed by atoms with E-state index in [9.17, 15) is 19.2 Å². The predicted molar refractivity (Wildman–Crippen MR) is 77.6 cm³/mol. The highest BCUT2D eigenvalue weighted by atomic mass is 16.2. The molecule has 4 amide bonds. The van der Waals surface area contributed by atoms with E-state index < -0.39 is 29.7 Å². The largest absolute Gasteiger partial charge is 0.370 e. The third kappa shape index (κ3) is 2.98. The maximum atomic E-state index is 12.3. The summed E-state index contributed by atoms with van der Waals surface area (Å²) in [5.41, 5.74) is 10.9. The number of fused-ring (bicyclic) bond motifs is 1. The Morgan fingerprint density at radius 2 is 1.55 bits per heavy atom. The lowest BCUT2D eigenvalue weighted by molar-refractivity contribution is -0.122. The molecule has 0 bridgehead atoms. The number of nitrogens with zero attached hydrogens (tertiary/aromatic N) is 1. The van der Waals surface area contributed by atoms with E-state index in [1.54, 1.807) is 24.3 Å². The second-order valence-corrected chi connectivity index (χ2v) is 5.16. The van der Waals surface area contributed by atoms with Crippen LogP contribution in [0.25, 0.3) is 0 Å². The van der Waals surface area contributed by atoms with Gasteiger partial charge in [0.25, 0.3) is 11.8 Å². The molecule has 116 valence electrons. The molecule has 0 saturated carbocycles. The molecule has 0 fully saturated rings. The topological polar surface area (TPSA) is 124 Å². The molecule has 1 atom stereocenters. The zero-order chi connectivity index (χ0) is 16.3. The number of hydrogen-bond donors (Lipinski definition) is 2. The van der Waals surface area contributed by atoms with E-state index in [4.69, 9.17) is 11.5 Å². The van der Waals surface area contributed by atoms with Gasteiger partial charge in [-0.3, -0.25) is 24.1 Å². The van der Waals surface area contributed by atoms with Gasteiger partial charge in [-0.05, 0) is 25.0 Å². The lowest BCUT2D eigenvalue weighted by Gasteiger charge is -2.23. The number of carbonyl (C=O) groups is 4. The van der Waals surface area contributed by atoms with Crippen LogP contribution in [0.5, 0.6) is 0 Å². The molecule has 0 aliphatic carbocycles. The second kappa shape index (κ2) is 6.38. The first-order valence-corrected chi connectivity index (χ1v) is 6.98. The number of nitrogens with two attached hydrogens (primary N) is 2. The minimum absolute atomic E-state index is 0.188. The SMILES string of the molecule is NC(=O)CCCCC(C(N)=O)N1C(=O)c2ccccc2C1=O. The zero-order valence-corrected chi connectivity index (χ0v) is 12.0. The zero-order valence-electron chi connectivity index (χ0n) is 12.0. The number of benzene rings is 1. The van der Waals surface area contributed by atoms with Gasteiger partial charge in [0.2, 0.25) is 11.8 Å². The standard InChI is InChI=1S/C15H17N3O4/c16-12(19)8-4-3-7-11(13(17)20)18-14(21)9-5-1-2-6-10(9)15(18)22/h1-2,5-6,11H,3-4,7-8H2,(H2,16,19)(H2,17,20). The summed E-state index contributed by atoms with van der Waals surface area (Å²) < 4.78 is 0. The van der Waals surface area contributed by atoms with E-state index in [1.165, 1.54) is 0 Å². The van der Waals surface area contributed by atoms with Crippen molar-refractivity contribution in [2.45, 2.75) is 31.7 Å². The molecule has 7 nitrogen and oxygen atoms in total. The smallest absolute Gasteiger partial charge is 0.262 e. The van der Waals surface area contributed by atoms with Crippen molar-refractivity contribution in [3.05, 3.63) is 35.4 Å². The Kier molecular flexibility index (Phi) is 4.55. The third-order valence-electron chi connectivity index (χ3n) is 3.62. The van der Waals surface area contributed by atoms with Crippen molar-refractivity contribution in [1.82, 2.24) is 4.90 Å². The van der Waals surface area contributed by atoms with Gasteiger partial charge in [0.05, 0.1) is 11.1 Å². The fourth-order valence-corrected chi connectivity index (χ4v) is 2.53. The third-order valence-corrected chi connectivity index (χ3v) is 3.62. The molecule has 0 saturated heterocycles. The van der Waals surface area contributed by atoms with Crippen molar-refractivity contribution in [2.24, 2.45) is 11.5 Å². The van der Waals surface area contributed by atoms with Crippen molar-refractivity contribution in [2.75, 3.05) is 0 Å². The van der Waals surface area contributed by atoms with E-state index in [1.807, 2.05) is 0 Å². The summed E-state index contributed by atoms with van der Waals surface area (Å²) in [5, 5.41) is 0. The van der Waals surface area contributed by atoms with Crippen molar-refractivity contribution in [3.8, 4) is 0 Å². The lowest BCUT2D eigenvalue weighted by Crippen LogP contribution is -2.47. The van der Waals surface area contributed by atoms with Crippen LogP contribution in [0.4, 0.5) is 0 Å². The molecule has 7 heteroatoms. The van der Waals surface area contributed by atoms with E-state index in [0.717, 1.165) is 4.90 Å². The van der Waals surface area contributed by atoms with Crippen molar-refractivity contribution >= 4 is 23.6 Å². The molecule has 1 aromatic carbocycles. The van der Waals surface area contributed by atoms with Gasteiger partial charge in [0.1, 0.15) is 6.04 Å². The van der Waals surface area contributed by atoms with Crippen LogP contribution < -0.4 is 11.5 Å². The van der Waals surface area contributed by atoms with Gasteiger partial charge in [-0.2, -0.15) is 0 Å². The summed E-state index contributed by atoms with van der Waals surface area (Å²) in [5.74, 6) is -2.21. The molecular weight excluding hydrogens is 286 g/mol. The van der Waals surface area contributed by atoms with E-state index >= 15 is 0 Å². The highest BCUT2D eigenvalue weighted by Crippen LogP contribution is 2.26. The summed E-state index contributed by atoms with van der Waals surface area (Å²) in [6, 6.07) is 5.38. The first-order valence-electron chi connectivity index (χ1n) is 6.98. The van der Waals surface area contributed by atoms with Crippen LogP contribution in [0.2, 0.25) is 0 Å². The fraction of sp³-hybridized carbons (Fsp3) is 0.333. The predicted octanol–water partition coefficient (Wildman–Crippen LogP) is 0.182. The summed E-state index contributed by atoms with van der Waals surface area (Å²) in [6.07, 6.45) is 1.34. The van der Waals surface area contributed by atoms with Crippen LogP contribution in [0.1, 0.15) is 46.4 Å². The molecule has 1 aliphatic heterocycles. The Morgan fingerprint density at radius 3 is 2.00 bits per heavy atom. The quantitative estimate of drug-likeness (QED) is 0.551. The Labute approximate surface area is 127 Å². The summed E-state index contributed by atoms with van der Waals surface area (Å²) >= 11 is 0. The van der Waals surface area contributed by atoms with E-state index in [2.05, 4.69) is 0 Å². The Bertz CT molecular complexity index is 606. The van der Waals surface area contributed by atoms with Crippen molar-refractivity contribution in [1.29, 1.82) is 0 Å². The van der Waals surface area contributed by atoms with Gasteiger partial charge >= 0.3 is 0 Å². The maximum absolute atomic E-state index is 12.3. The summed E-state index contributed by atoms with van der Waals surface area (Å²) in [4.78, 5) is 47.9. The minimum Gasteiger partial charge on any atom is -0.370 e. The lowest BCUT2D eigenvalue weighted by atomic mass is 10.1. The number of carbonyl (C=O) groups excluding carboxylic acids is 4. The van der Waals surface area contributed by atoms with E-state index in [-0.39, 0.29) is 24.0 Å². The first kappa shape index (κ1) is 15.7. The summed E-state index contributed by atoms with van der Waals surface area (Å²) in [7, 11) is 0. The highest BCUT2D eigenvalue weighted by molar-refractivity contribution is 6.22. The number of primary amides is 2. The van der Waals surface area contributed by atoms with Crippen molar-refractivity contribution < 1.29 is 19.2 Å². The Hall–Kier alpha value is -2.70. The fourth-order valence-electron chi connectivity index (χ4n) is 2.53. The van der Waals surface area contributed by atoms with Crippen molar-refractivity contribution in [3.63, 3.8) is 0 Å². The number of imide groups is 1. The molecule has 4 N–H and O–H groups in total. The van der Waals surface area contributed by atoms with Crippen LogP contribution in [0, 0.1) is 0 Å². The van der Waals surface area contributed by atoms with Crippen LogP contribution in [0.3, 0.4) is 0 Å². The monoisotopic (exact) mass is 303 g/mol. The van der Waals surface area contributed by atoms with Crippen LogP contribution in [-0.2, 0) is 9.59 Å². The molecule has 1 aliphatic rings. The highest BCUT2D eigenvalue weighted by Gasteiger charge is 2.41. The van der Waals surface area contributed by atoms with Gasteiger partial charge in [-0.1, -0.05) is 18.6 Å². The summed E-state index contributed by atoms with van der Waals surface area (Å²) in [6.45, 7) is 0. The molecule has 0 spiro atoms. The minimum atomic E-state index is -1.01. The Balaban J connectivity index is 2.13. The molecule has 1 aromatic rings. The van der Waals surface area contributed by atoms with E-state index in [0.29, 0.717) is 12.8 Å². The molecule has 1 heterocycles. The van der Waals surface area contributed by atoms with Gasteiger partial charge in [-0.25, -0.2) is 0 Å². The number of unbranched alkanes of at least 4 members (excludes halogenated alkanes) is 1. The molecule has 2 rings (SSSR count). The van der Waals surface area contributed by atoms with Gasteiger partial charge < -0.3 is 11.5 Å². The molecule has 22 heavy (non-hydrogen) atoms. The van der Waals surface area contributed by atoms with Gasteiger partial charge in [0.15, 0.2) is 0 Å². The van der Waals surface area contributed by atoms with Gasteiger partial charge in [0, 0.05) is 6.42 Å². The van der Waals surface area contributed by atoms with Crippen LogP contribution in [-0.4, -0.2) is 34.6 Å². The second-order valence-electron chi connectivity index (χ2n) is 5.16. The molecule has 0 radical (unpaired) electrons. The van der Waals surface area contributed by atoms with Crippen LogP contribution >= 0.6 is 0 Å². The number of hydrogen-bond acceptors (Lipinski definition) is 4. The number of rotatable bonds is 7. The normalized spacial score (nSPS) is 14.8. The van der Waals surface area contributed by atoms with Gasteiger partial charge in [-0.15, -0.1) is 0 Å². The average molecular weight is 303 g/mol.